The molecule has 0 radical (unpaired) electrons. The van der Waals surface area contributed by atoms with Crippen LogP contribution < -0.4 is 10.1 Å². The Morgan fingerprint density at radius 3 is 2.56 bits per heavy atom. The van der Waals surface area contributed by atoms with Gasteiger partial charge in [-0.25, -0.2) is 4.98 Å². The van der Waals surface area contributed by atoms with E-state index < -0.39 is 5.41 Å². The van der Waals surface area contributed by atoms with Gasteiger partial charge in [-0.15, -0.1) is 0 Å². The molecule has 1 aliphatic carbocycles. The molecule has 1 unspecified atom stereocenters. The van der Waals surface area contributed by atoms with Crippen molar-refractivity contribution in [1.82, 2.24) is 15.2 Å². The van der Waals surface area contributed by atoms with Gasteiger partial charge in [0.25, 0.3) is 5.91 Å². The fourth-order valence-electron chi connectivity index (χ4n) is 5.99. The van der Waals surface area contributed by atoms with E-state index in [0.29, 0.717) is 37.9 Å². The summed E-state index contributed by atoms with van der Waals surface area (Å²) in [4.78, 5) is 46.2. The van der Waals surface area contributed by atoms with Gasteiger partial charge in [-0.05, 0) is 55.0 Å². The predicted molar refractivity (Wildman–Crippen MR) is 146 cm³/mol. The van der Waals surface area contributed by atoms with Crippen LogP contribution in [0.5, 0.6) is 5.88 Å². The second-order valence-electron chi connectivity index (χ2n) is 9.97. The van der Waals surface area contributed by atoms with Crippen molar-refractivity contribution in [3.63, 3.8) is 0 Å². The maximum atomic E-state index is 13.9. The summed E-state index contributed by atoms with van der Waals surface area (Å²) < 4.78 is 10.8. The first-order valence-corrected chi connectivity index (χ1v) is 13.4. The van der Waals surface area contributed by atoms with Crippen molar-refractivity contribution in [2.75, 3.05) is 26.8 Å². The van der Waals surface area contributed by atoms with Crippen molar-refractivity contribution in [2.24, 2.45) is 0 Å². The van der Waals surface area contributed by atoms with Crippen LogP contribution in [0.1, 0.15) is 59.2 Å². The summed E-state index contributed by atoms with van der Waals surface area (Å²) in [5.41, 5.74) is 1.96. The number of esters is 1. The molecule has 8 nitrogen and oxygen atoms in total. The van der Waals surface area contributed by atoms with E-state index in [9.17, 15) is 14.4 Å². The SMILES string of the molecule is CCOC(=O)[C@]1(c2ccccc2)CC[C@@H](C(=O)N2CCC(NC(=O)c3cccnc3OC)C2)c2ccccc21. The molecule has 1 N–H and O–H groups in total. The summed E-state index contributed by atoms with van der Waals surface area (Å²) >= 11 is 0. The molecule has 8 heteroatoms. The zero-order valence-corrected chi connectivity index (χ0v) is 22.3. The molecule has 1 aliphatic heterocycles. The first-order chi connectivity index (χ1) is 19.0. The van der Waals surface area contributed by atoms with Crippen molar-refractivity contribution >= 4 is 17.8 Å². The van der Waals surface area contributed by atoms with Gasteiger partial charge >= 0.3 is 5.97 Å². The second-order valence-corrected chi connectivity index (χ2v) is 9.97. The fraction of sp³-hybridized carbons (Fsp3) is 0.355. The summed E-state index contributed by atoms with van der Waals surface area (Å²) in [7, 11) is 1.48. The fourth-order valence-corrected chi connectivity index (χ4v) is 5.99. The Morgan fingerprint density at radius 1 is 1.03 bits per heavy atom. The molecule has 2 aromatic carbocycles. The van der Waals surface area contributed by atoms with Crippen molar-refractivity contribution in [3.8, 4) is 5.88 Å². The molecule has 39 heavy (non-hydrogen) atoms. The summed E-state index contributed by atoms with van der Waals surface area (Å²) in [5.74, 6) is -0.652. The number of nitrogens with one attached hydrogen (secondary N) is 1. The highest BCUT2D eigenvalue weighted by Crippen LogP contribution is 2.48. The lowest BCUT2D eigenvalue weighted by atomic mass is 9.63. The first kappa shape index (κ1) is 26.4. The molecule has 1 aromatic heterocycles. The van der Waals surface area contributed by atoms with Crippen LogP contribution in [-0.4, -0.2) is 60.5 Å². The smallest absolute Gasteiger partial charge is 0.321 e. The summed E-state index contributed by atoms with van der Waals surface area (Å²) in [6.45, 7) is 3.07. The molecule has 1 fully saturated rings. The van der Waals surface area contributed by atoms with E-state index >= 15 is 0 Å². The Bertz CT molecular complexity index is 1360. The number of methoxy groups -OCH3 is 1. The third-order valence-corrected chi connectivity index (χ3v) is 7.84. The standard InChI is InChI=1S/C31H33N3O5/c1-3-39-30(37)31(21-10-5-4-6-11-21)17-15-24(23-12-7-8-14-26(23)31)29(36)34-19-16-22(20-34)33-27(35)25-13-9-18-32-28(25)38-2/h4-14,18,22,24H,3,15-17,19-20H2,1-2H3,(H,33,35)/t22?,24-,31+/m1/s1. The topological polar surface area (TPSA) is 97.8 Å². The van der Waals surface area contributed by atoms with E-state index in [1.54, 1.807) is 18.3 Å². The molecule has 3 atom stereocenters. The van der Waals surface area contributed by atoms with Gasteiger partial charge in [0.05, 0.1) is 19.6 Å². The van der Waals surface area contributed by atoms with Gasteiger partial charge in [0.1, 0.15) is 11.0 Å². The molecule has 3 aromatic rings. The molecule has 202 valence electrons. The normalized spacial score (nSPS) is 22.1. The van der Waals surface area contributed by atoms with Gasteiger partial charge < -0.3 is 19.7 Å². The molecule has 2 heterocycles. The van der Waals surface area contributed by atoms with Gasteiger partial charge in [-0.1, -0.05) is 54.6 Å². The van der Waals surface area contributed by atoms with Gasteiger partial charge in [0.2, 0.25) is 11.8 Å². The maximum absolute atomic E-state index is 13.9. The number of carbonyl (C=O) groups excluding carboxylic acids is 3. The van der Waals surface area contributed by atoms with Crippen LogP contribution in [0.25, 0.3) is 0 Å². The van der Waals surface area contributed by atoms with Crippen molar-refractivity contribution in [1.29, 1.82) is 0 Å². The van der Waals surface area contributed by atoms with Crippen molar-refractivity contribution in [2.45, 2.75) is 43.6 Å². The Labute approximate surface area is 228 Å². The minimum Gasteiger partial charge on any atom is -0.480 e. The lowest BCUT2D eigenvalue weighted by Crippen LogP contribution is -2.45. The minimum atomic E-state index is -0.963. The summed E-state index contributed by atoms with van der Waals surface area (Å²) in [6, 6.07) is 20.6. The van der Waals surface area contributed by atoms with E-state index in [0.717, 1.165) is 16.7 Å². The number of fused-ring (bicyclic) bond motifs is 1. The number of pyridine rings is 1. The molecule has 1 saturated heterocycles. The van der Waals surface area contributed by atoms with Gasteiger partial charge in [0.15, 0.2) is 0 Å². The molecular weight excluding hydrogens is 494 g/mol. The number of hydrogen-bond donors (Lipinski definition) is 1. The number of aromatic nitrogens is 1. The number of benzene rings is 2. The first-order valence-electron chi connectivity index (χ1n) is 13.4. The minimum absolute atomic E-state index is 0.0173. The third kappa shape index (κ3) is 4.87. The van der Waals surface area contributed by atoms with Crippen LogP contribution in [0.15, 0.2) is 72.9 Å². The highest BCUT2D eigenvalue weighted by atomic mass is 16.5. The maximum Gasteiger partial charge on any atom is 0.321 e. The molecule has 0 bridgehead atoms. The highest BCUT2D eigenvalue weighted by Gasteiger charge is 2.50. The number of nitrogens with zero attached hydrogens (tertiary/aromatic N) is 2. The van der Waals surface area contributed by atoms with Gasteiger partial charge in [-0.2, -0.15) is 0 Å². The lowest BCUT2D eigenvalue weighted by Gasteiger charge is -2.41. The lowest BCUT2D eigenvalue weighted by molar-refractivity contribution is -0.149. The number of hydrogen-bond acceptors (Lipinski definition) is 6. The van der Waals surface area contributed by atoms with Crippen LogP contribution in [0, 0.1) is 0 Å². The van der Waals surface area contributed by atoms with Gasteiger partial charge in [0, 0.05) is 25.3 Å². The monoisotopic (exact) mass is 527 g/mol. The quantitative estimate of drug-likeness (QED) is 0.469. The van der Waals surface area contributed by atoms with E-state index in [4.69, 9.17) is 9.47 Å². The zero-order chi connectivity index (χ0) is 27.4. The Morgan fingerprint density at radius 2 is 1.79 bits per heavy atom. The van der Waals surface area contributed by atoms with Crippen LogP contribution in [0.2, 0.25) is 0 Å². The number of carbonyl (C=O) groups is 3. The molecule has 0 spiro atoms. The molecular formula is C31H33N3O5. The van der Waals surface area contributed by atoms with E-state index in [-0.39, 0.29) is 42.2 Å². The van der Waals surface area contributed by atoms with Crippen molar-refractivity contribution in [3.05, 3.63) is 95.2 Å². The van der Waals surface area contributed by atoms with E-state index in [1.165, 1.54) is 7.11 Å². The largest absolute Gasteiger partial charge is 0.480 e. The van der Waals surface area contributed by atoms with E-state index in [2.05, 4.69) is 10.3 Å². The Kier molecular flexibility index (Phi) is 7.63. The predicted octanol–water partition coefficient (Wildman–Crippen LogP) is 3.85. The highest BCUT2D eigenvalue weighted by molar-refractivity contribution is 5.96. The molecule has 2 amide bonds. The van der Waals surface area contributed by atoms with Crippen LogP contribution in [0.3, 0.4) is 0 Å². The molecule has 5 rings (SSSR count). The third-order valence-electron chi connectivity index (χ3n) is 7.84. The summed E-state index contributed by atoms with van der Waals surface area (Å²) in [5, 5.41) is 3.03. The van der Waals surface area contributed by atoms with Crippen molar-refractivity contribution < 1.29 is 23.9 Å². The average molecular weight is 528 g/mol. The van der Waals surface area contributed by atoms with Gasteiger partial charge in [-0.3, -0.25) is 14.4 Å². The summed E-state index contributed by atoms with van der Waals surface area (Å²) in [6.07, 6.45) is 3.22. The average Bonchev–Trinajstić information content (AvgIpc) is 3.45. The van der Waals surface area contributed by atoms with Crippen LogP contribution in [0.4, 0.5) is 0 Å². The van der Waals surface area contributed by atoms with Crippen LogP contribution in [-0.2, 0) is 19.7 Å². The second kappa shape index (κ2) is 11.3. The number of rotatable bonds is 7. The Hall–Kier alpha value is -4.20. The number of amides is 2. The molecule has 0 saturated carbocycles. The number of ether oxygens (including phenoxy) is 2. The zero-order valence-electron chi connectivity index (χ0n) is 22.3. The Balaban J connectivity index is 1.37. The van der Waals surface area contributed by atoms with Crippen LogP contribution >= 0.6 is 0 Å². The number of likely N-dealkylation sites (tertiary alicyclic amines) is 1. The van der Waals surface area contributed by atoms with E-state index in [1.807, 2.05) is 66.4 Å². The molecule has 2 aliphatic rings.